The molecular formula is C15H15NO2. The number of benzene rings is 1. The molecule has 1 aliphatic rings. The highest BCUT2D eigenvalue weighted by Gasteiger charge is 2.31. The molecule has 1 aliphatic heterocycles. The van der Waals surface area contributed by atoms with Gasteiger partial charge in [-0.25, -0.2) is 0 Å². The Morgan fingerprint density at radius 2 is 2.22 bits per heavy atom. The molecule has 2 aromatic rings. The summed E-state index contributed by atoms with van der Waals surface area (Å²) in [6.07, 6.45) is 2.31. The quantitative estimate of drug-likeness (QED) is 0.759. The number of fused-ring (bicyclic) bond motifs is 1. The van der Waals surface area contributed by atoms with Crippen LogP contribution in [0, 0.1) is 5.92 Å². The van der Waals surface area contributed by atoms with Crippen molar-refractivity contribution in [2.75, 3.05) is 6.61 Å². The highest BCUT2D eigenvalue weighted by atomic mass is 16.5. The van der Waals surface area contributed by atoms with E-state index in [1.54, 1.807) is 6.20 Å². The second-order valence-corrected chi connectivity index (χ2v) is 4.84. The third-order valence-corrected chi connectivity index (χ3v) is 3.52. The van der Waals surface area contributed by atoms with Crippen molar-refractivity contribution in [1.82, 2.24) is 4.98 Å². The number of ether oxygens (including phenoxy) is 1. The lowest BCUT2D eigenvalue weighted by Gasteiger charge is -2.13. The van der Waals surface area contributed by atoms with Gasteiger partial charge in [0.15, 0.2) is 5.78 Å². The van der Waals surface area contributed by atoms with Crippen LogP contribution in [0.5, 0.6) is 0 Å². The van der Waals surface area contributed by atoms with Crippen molar-refractivity contribution >= 4 is 16.7 Å². The molecule has 1 aromatic heterocycles. The molecule has 0 amide bonds. The van der Waals surface area contributed by atoms with E-state index in [-0.39, 0.29) is 11.9 Å². The van der Waals surface area contributed by atoms with Crippen molar-refractivity contribution in [3.05, 3.63) is 42.1 Å². The molecule has 0 N–H and O–H groups in total. The van der Waals surface area contributed by atoms with Gasteiger partial charge in [0.25, 0.3) is 0 Å². The standard InChI is InChI=1S/C15H15NO2/c1-10-6-7-18-15(10)14(17)12-8-11-4-2-3-5-13(11)16-9-12/h2-5,8-10,15H,6-7H2,1H3. The number of rotatable bonds is 2. The van der Waals surface area contributed by atoms with Crippen molar-refractivity contribution in [3.63, 3.8) is 0 Å². The van der Waals surface area contributed by atoms with Crippen LogP contribution >= 0.6 is 0 Å². The van der Waals surface area contributed by atoms with E-state index < -0.39 is 0 Å². The number of hydrogen-bond acceptors (Lipinski definition) is 3. The van der Waals surface area contributed by atoms with Crippen molar-refractivity contribution < 1.29 is 9.53 Å². The van der Waals surface area contributed by atoms with Crippen LogP contribution in [0.4, 0.5) is 0 Å². The molecule has 1 fully saturated rings. The Balaban J connectivity index is 1.96. The number of aromatic nitrogens is 1. The summed E-state index contributed by atoms with van der Waals surface area (Å²) in [5.41, 5.74) is 1.56. The maximum atomic E-state index is 12.3. The Morgan fingerprint density at radius 3 is 3.00 bits per heavy atom. The van der Waals surface area contributed by atoms with E-state index >= 15 is 0 Å². The number of hydrogen-bond donors (Lipinski definition) is 0. The monoisotopic (exact) mass is 241 g/mol. The minimum absolute atomic E-state index is 0.0539. The Bertz CT molecular complexity index is 594. The Morgan fingerprint density at radius 1 is 1.39 bits per heavy atom. The second kappa shape index (κ2) is 4.50. The van der Waals surface area contributed by atoms with Gasteiger partial charge in [-0.1, -0.05) is 25.1 Å². The van der Waals surface area contributed by atoms with Gasteiger partial charge in [-0.05, 0) is 24.5 Å². The molecule has 2 atom stereocenters. The largest absolute Gasteiger partial charge is 0.370 e. The van der Waals surface area contributed by atoms with Gasteiger partial charge in [0, 0.05) is 23.8 Å². The van der Waals surface area contributed by atoms with Crippen molar-refractivity contribution in [2.24, 2.45) is 5.92 Å². The van der Waals surface area contributed by atoms with Crippen molar-refractivity contribution in [2.45, 2.75) is 19.4 Å². The average Bonchev–Trinajstić information content (AvgIpc) is 2.83. The first kappa shape index (κ1) is 11.4. The molecule has 0 aliphatic carbocycles. The van der Waals surface area contributed by atoms with Crippen molar-refractivity contribution in [3.8, 4) is 0 Å². The third kappa shape index (κ3) is 1.91. The van der Waals surface area contributed by atoms with Crippen LogP contribution < -0.4 is 0 Å². The van der Waals surface area contributed by atoms with Crippen LogP contribution in [0.1, 0.15) is 23.7 Å². The summed E-state index contributed by atoms with van der Waals surface area (Å²) >= 11 is 0. The van der Waals surface area contributed by atoms with E-state index in [9.17, 15) is 4.79 Å². The topological polar surface area (TPSA) is 39.2 Å². The molecule has 3 heteroatoms. The summed E-state index contributed by atoms with van der Waals surface area (Å²) in [5, 5.41) is 0.994. The van der Waals surface area contributed by atoms with Crippen LogP contribution in [-0.4, -0.2) is 23.5 Å². The average molecular weight is 241 g/mol. The fourth-order valence-corrected chi connectivity index (χ4v) is 2.40. The van der Waals surface area contributed by atoms with E-state index in [1.165, 1.54) is 0 Å². The minimum Gasteiger partial charge on any atom is -0.370 e. The fraction of sp³-hybridized carbons (Fsp3) is 0.333. The zero-order valence-electron chi connectivity index (χ0n) is 10.3. The second-order valence-electron chi connectivity index (χ2n) is 4.84. The summed E-state index contributed by atoms with van der Waals surface area (Å²) in [4.78, 5) is 16.7. The Labute approximate surface area is 106 Å². The molecule has 3 rings (SSSR count). The maximum absolute atomic E-state index is 12.3. The molecule has 0 saturated carbocycles. The first-order chi connectivity index (χ1) is 8.75. The van der Waals surface area contributed by atoms with Crippen LogP contribution in [0.25, 0.3) is 10.9 Å². The van der Waals surface area contributed by atoms with Crippen LogP contribution in [0.2, 0.25) is 0 Å². The van der Waals surface area contributed by atoms with Crippen molar-refractivity contribution in [1.29, 1.82) is 0 Å². The summed E-state index contributed by atoms with van der Waals surface area (Å²) in [6, 6.07) is 9.71. The number of carbonyl (C=O) groups excluding carboxylic acids is 1. The van der Waals surface area contributed by atoms with Gasteiger partial charge >= 0.3 is 0 Å². The molecule has 18 heavy (non-hydrogen) atoms. The first-order valence-electron chi connectivity index (χ1n) is 6.26. The Kier molecular flexibility index (Phi) is 2.84. The molecular weight excluding hydrogens is 226 g/mol. The number of Topliss-reactive ketones (excluding diaryl/α,β-unsaturated/α-hetero) is 1. The molecule has 3 nitrogen and oxygen atoms in total. The molecule has 0 spiro atoms. The van der Waals surface area contributed by atoms with E-state index in [4.69, 9.17) is 4.74 Å². The summed E-state index contributed by atoms with van der Waals surface area (Å²) in [7, 11) is 0. The minimum atomic E-state index is -0.298. The van der Waals surface area contributed by atoms with Gasteiger partial charge < -0.3 is 4.74 Å². The number of nitrogens with zero attached hydrogens (tertiary/aromatic N) is 1. The molecule has 2 heterocycles. The first-order valence-corrected chi connectivity index (χ1v) is 6.26. The molecule has 92 valence electrons. The Hall–Kier alpha value is -1.74. The predicted octanol–water partition coefficient (Wildman–Crippen LogP) is 2.84. The fourth-order valence-electron chi connectivity index (χ4n) is 2.40. The number of carbonyl (C=O) groups is 1. The van der Waals surface area contributed by atoms with Gasteiger partial charge in [-0.2, -0.15) is 0 Å². The molecule has 2 unspecified atom stereocenters. The van der Waals surface area contributed by atoms with E-state index in [0.717, 1.165) is 17.3 Å². The van der Waals surface area contributed by atoms with Crippen LogP contribution in [0.15, 0.2) is 36.5 Å². The van der Waals surface area contributed by atoms with Gasteiger partial charge in [0.05, 0.1) is 5.52 Å². The molecule has 1 saturated heterocycles. The maximum Gasteiger partial charge on any atom is 0.193 e. The van der Waals surface area contributed by atoms with Crippen LogP contribution in [-0.2, 0) is 4.74 Å². The summed E-state index contributed by atoms with van der Waals surface area (Å²) in [5.74, 6) is 0.349. The molecule has 0 bridgehead atoms. The van der Waals surface area contributed by atoms with Gasteiger partial charge in [-0.3, -0.25) is 9.78 Å². The zero-order valence-corrected chi connectivity index (χ0v) is 10.3. The van der Waals surface area contributed by atoms with Crippen LogP contribution in [0.3, 0.4) is 0 Å². The highest BCUT2D eigenvalue weighted by molar-refractivity contribution is 6.01. The predicted molar refractivity (Wildman–Crippen MR) is 69.6 cm³/mol. The van der Waals surface area contributed by atoms with Gasteiger partial charge in [0.1, 0.15) is 6.10 Å². The SMILES string of the molecule is CC1CCOC1C(=O)c1cnc2ccccc2c1. The summed E-state index contributed by atoms with van der Waals surface area (Å²) < 4.78 is 5.52. The number of ketones is 1. The lowest BCUT2D eigenvalue weighted by molar-refractivity contribution is 0.0579. The number of para-hydroxylation sites is 1. The molecule has 0 radical (unpaired) electrons. The van der Waals surface area contributed by atoms with Gasteiger partial charge in [-0.15, -0.1) is 0 Å². The van der Waals surface area contributed by atoms with E-state index in [0.29, 0.717) is 18.1 Å². The zero-order chi connectivity index (χ0) is 12.5. The molecule has 1 aromatic carbocycles. The lowest BCUT2D eigenvalue weighted by Crippen LogP contribution is -2.25. The van der Waals surface area contributed by atoms with E-state index in [2.05, 4.69) is 11.9 Å². The van der Waals surface area contributed by atoms with E-state index in [1.807, 2.05) is 30.3 Å². The lowest BCUT2D eigenvalue weighted by atomic mass is 9.96. The summed E-state index contributed by atoms with van der Waals surface area (Å²) in [6.45, 7) is 2.74. The highest BCUT2D eigenvalue weighted by Crippen LogP contribution is 2.24. The third-order valence-electron chi connectivity index (χ3n) is 3.52. The van der Waals surface area contributed by atoms with Gasteiger partial charge in [0.2, 0.25) is 0 Å². The number of pyridine rings is 1. The smallest absolute Gasteiger partial charge is 0.193 e. The normalized spacial score (nSPS) is 23.4.